The third kappa shape index (κ3) is 2.47. The second-order valence-electron chi connectivity index (χ2n) is 4.79. The second-order valence-corrected chi connectivity index (χ2v) is 5.77. The van der Waals surface area contributed by atoms with Gasteiger partial charge in [0.1, 0.15) is 0 Å². The third-order valence-corrected chi connectivity index (χ3v) is 4.32. The molecule has 102 valence electrons. The lowest BCUT2D eigenvalue weighted by Crippen LogP contribution is -2.34. The molecule has 3 nitrogen and oxygen atoms in total. The van der Waals surface area contributed by atoms with E-state index in [9.17, 15) is 4.79 Å². The molecule has 1 aliphatic heterocycles. The topological polar surface area (TPSA) is 46.3 Å². The summed E-state index contributed by atoms with van der Waals surface area (Å²) >= 11 is 1.62. The van der Waals surface area contributed by atoms with Crippen molar-refractivity contribution in [3.63, 3.8) is 0 Å². The van der Waals surface area contributed by atoms with Crippen molar-refractivity contribution in [3.8, 4) is 0 Å². The van der Waals surface area contributed by atoms with Gasteiger partial charge in [-0.25, -0.2) is 0 Å². The zero-order valence-corrected chi connectivity index (χ0v) is 11.9. The fraction of sp³-hybridized carbons (Fsp3) is 0.188. The standard InChI is InChI=1S/C16H16N2OS/c17-14-6-1-7-15-13(14)5-2-10-18(15)16(19)9-8-12-4-3-11-20-12/h1,3-4,6-9,11H,2,5,10,17H2/b9-8+. The molecule has 0 saturated carbocycles. The lowest BCUT2D eigenvalue weighted by Gasteiger charge is -2.29. The summed E-state index contributed by atoms with van der Waals surface area (Å²) in [5.41, 5.74) is 8.83. The van der Waals surface area contributed by atoms with Crippen molar-refractivity contribution in [1.82, 2.24) is 0 Å². The van der Waals surface area contributed by atoms with Gasteiger partial charge in [-0.3, -0.25) is 4.79 Å². The van der Waals surface area contributed by atoms with Crippen molar-refractivity contribution >= 4 is 34.7 Å². The molecule has 3 rings (SSSR count). The molecule has 1 aromatic carbocycles. The van der Waals surface area contributed by atoms with Gasteiger partial charge in [0.15, 0.2) is 0 Å². The first-order valence-corrected chi connectivity index (χ1v) is 7.54. The van der Waals surface area contributed by atoms with E-state index < -0.39 is 0 Å². The minimum Gasteiger partial charge on any atom is -0.398 e. The molecule has 0 aliphatic carbocycles. The van der Waals surface area contributed by atoms with Crippen LogP contribution in [0.4, 0.5) is 11.4 Å². The predicted octanol–water partition coefficient (Wildman–Crippen LogP) is 3.32. The van der Waals surface area contributed by atoms with Crippen LogP contribution in [0.2, 0.25) is 0 Å². The fourth-order valence-corrected chi connectivity index (χ4v) is 3.13. The number of carbonyl (C=O) groups is 1. The summed E-state index contributed by atoms with van der Waals surface area (Å²) in [6.45, 7) is 0.754. The van der Waals surface area contributed by atoms with E-state index in [1.54, 1.807) is 17.4 Å². The minimum atomic E-state index is 0.0185. The van der Waals surface area contributed by atoms with Gasteiger partial charge in [0.25, 0.3) is 5.91 Å². The van der Waals surface area contributed by atoms with Gasteiger partial charge >= 0.3 is 0 Å². The molecule has 20 heavy (non-hydrogen) atoms. The maximum atomic E-state index is 12.4. The average molecular weight is 284 g/mol. The summed E-state index contributed by atoms with van der Waals surface area (Å²) in [6, 6.07) is 9.75. The van der Waals surface area contributed by atoms with Crippen LogP contribution < -0.4 is 10.6 Å². The molecule has 1 aliphatic rings. The zero-order valence-electron chi connectivity index (χ0n) is 11.1. The predicted molar refractivity (Wildman–Crippen MR) is 84.9 cm³/mol. The average Bonchev–Trinajstić information content (AvgIpc) is 2.98. The van der Waals surface area contributed by atoms with Gasteiger partial charge in [0, 0.05) is 28.9 Å². The Morgan fingerprint density at radius 1 is 1.30 bits per heavy atom. The molecule has 0 unspecified atom stereocenters. The van der Waals surface area contributed by atoms with Crippen LogP contribution in [-0.4, -0.2) is 12.5 Å². The highest BCUT2D eigenvalue weighted by Crippen LogP contribution is 2.31. The van der Waals surface area contributed by atoms with E-state index in [1.807, 2.05) is 46.7 Å². The molecular formula is C16H16N2OS. The van der Waals surface area contributed by atoms with E-state index in [0.717, 1.165) is 41.2 Å². The molecule has 4 heteroatoms. The van der Waals surface area contributed by atoms with Crippen molar-refractivity contribution in [2.45, 2.75) is 12.8 Å². The van der Waals surface area contributed by atoms with Crippen molar-refractivity contribution in [2.75, 3.05) is 17.2 Å². The Labute approximate surface area is 122 Å². The van der Waals surface area contributed by atoms with Crippen LogP contribution >= 0.6 is 11.3 Å². The van der Waals surface area contributed by atoms with Gasteiger partial charge in [0.05, 0.1) is 0 Å². The highest BCUT2D eigenvalue weighted by Gasteiger charge is 2.22. The van der Waals surface area contributed by atoms with E-state index in [2.05, 4.69) is 0 Å². The second kappa shape index (κ2) is 5.51. The molecule has 0 saturated heterocycles. The molecule has 0 bridgehead atoms. The summed E-state index contributed by atoms with van der Waals surface area (Å²) in [5.74, 6) is 0.0185. The SMILES string of the molecule is Nc1cccc2c1CCCN2C(=O)/C=C/c1cccs1. The van der Waals surface area contributed by atoms with E-state index in [1.165, 1.54) is 0 Å². The summed E-state index contributed by atoms with van der Waals surface area (Å²) in [4.78, 5) is 15.3. The number of amides is 1. The van der Waals surface area contributed by atoms with Crippen LogP contribution in [0.1, 0.15) is 16.9 Å². The van der Waals surface area contributed by atoms with Gasteiger partial charge in [-0.2, -0.15) is 0 Å². The normalized spacial score (nSPS) is 14.5. The first kappa shape index (κ1) is 12.9. The highest BCUT2D eigenvalue weighted by atomic mass is 32.1. The Hall–Kier alpha value is -2.07. The number of nitrogens with zero attached hydrogens (tertiary/aromatic N) is 1. The molecule has 2 N–H and O–H groups in total. The monoisotopic (exact) mass is 284 g/mol. The fourth-order valence-electron chi connectivity index (χ4n) is 2.51. The highest BCUT2D eigenvalue weighted by molar-refractivity contribution is 7.10. The Balaban J connectivity index is 1.85. The quantitative estimate of drug-likeness (QED) is 0.679. The molecule has 0 spiro atoms. The van der Waals surface area contributed by atoms with Gasteiger partial charge in [-0.15, -0.1) is 11.3 Å². The minimum absolute atomic E-state index is 0.0185. The van der Waals surface area contributed by atoms with Gasteiger partial charge in [-0.05, 0) is 48.1 Å². The molecule has 2 heterocycles. The number of benzene rings is 1. The molecule has 1 amide bonds. The first-order chi connectivity index (χ1) is 9.75. The maximum absolute atomic E-state index is 12.4. The van der Waals surface area contributed by atoms with Crippen LogP contribution in [0.5, 0.6) is 0 Å². The molecule has 0 fully saturated rings. The van der Waals surface area contributed by atoms with Crippen LogP contribution in [0, 0.1) is 0 Å². The van der Waals surface area contributed by atoms with Crippen LogP contribution in [0.25, 0.3) is 6.08 Å². The summed E-state index contributed by atoms with van der Waals surface area (Å²) in [5, 5.41) is 2.00. The number of thiophene rings is 1. The smallest absolute Gasteiger partial charge is 0.251 e. The van der Waals surface area contributed by atoms with Gasteiger partial charge in [0.2, 0.25) is 0 Å². The van der Waals surface area contributed by atoms with Gasteiger partial charge < -0.3 is 10.6 Å². The Kier molecular flexibility index (Phi) is 3.56. The van der Waals surface area contributed by atoms with E-state index >= 15 is 0 Å². The van der Waals surface area contributed by atoms with Crippen LogP contribution in [0.15, 0.2) is 41.8 Å². The number of nitrogens with two attached hydrogens (primary N) is 1. The lowest BCUT2D eigenvalue weighted by atomic mass is 10.00. The first-order valence-electron chi connectivity index (χ1n) is 6.66. The van der Waals surface area contributed by atoms with Crippen molar-refractivity contribution in [3.05, 3.63) is 52.2 Å². The van der Waals surface area contributed by atoms with Gasteiger partial charge in [-0.1, -0.05) is 12.1 Å². The third-order valence-electron chi connectivity index (χ3n) is 3.49. The van der Waals surface area contributed by atoms with Crippen molar-refractivity contribution in [2.24, 2.45) is 0 Å². The van der Waals surface area contributed by atoms with Crippen molar-refractivity contribution in [1.29, 1.82) is 0 Å². The number of carbonyl (C=O) groups excluding carboxylic acids is 1. The van der Waals surface area contributed by atoms with E-state index in [4.69, 9.17) is 5.73 Å². The maximum Gasteiger partial charge on any atom is 0.251 e. The number of fused-ring (bicyclic) bond motifs is 1. The Morgan fingerprint density at radius 2 is 2.20 bits per heavy atom. The van der Waals surface area contributed by atoms with E-state index in [-0.39, 0.29) is 5.91 Å². The molecular weight excluding hydrogens is 268 g/mol. The number of hydrogen-bond acceptors (Lipinski definition) is 3. The van der Waals surface area contributed by atoms with Crippen molar-refractivity contribution < 1.29 is 4.79 Å². The summed E-state index contributed by atoms with van der Waals surface area (Å²) in [7, 11) is 0. The number of rotatable bonds is 2. The summed E-state index contributed by atoms with van der Waals surface area (Å²) in [6.07, 6.45) is 5.41. The lowest BCUT2D eigenvalue weighted by molar-refractivity contribution is -0.114. The molecule has 0 atom stereocenters. The number of hydrogen-bond donors (Lipinski definition) is 1. The summed E-state index contributed by atoms with van der Waals surface area (Å²) < 4.78 is 0. The van der Waals surface area contributed by atoms with E-state index in [0.29, 0.717) is 0 Å². The number of nitrogen functional groups attached to an aromatic ring is 1. The molecule has 1 aromatic heterocycles. The molecule has 0 radical (unpaired) electrons. The largest absolute Gasteiger partial charge is 0.398 e. The zero-order chi connectivity index (χ0) is 13.9. The van der Waals surface area contributed by atoms with Crippen LogP contribution in [0.3, 0.4) is 0 Å². The van der Waals surface area contributed by atoms with Crippen LogP contribution in [-0.2, 0) is 11.2 Å². The number of anilines is 2. The Bertz CT molecular complexity index is 647. The molecule has 2 aromatic rings. The Morgan fingerprint density at radius 3 is 3.00 bits per heavy atom.